The van der Waals surface area contributed by atoms with E-state index in [0.717, 1.165) is 24.5 Å². The summed E-state index contributed by atoms with van der Waals surface area (Å²) in [5.41, 5.74) is 3.24. The number of nitrogens with zero attached hydrogens (tertiary/aromatic N) is 3. The number of benzene rings is 2. The summed E-state index contributed by atoms with van der Waals surface area (Å²) in [7, 11) is 1.87. The summed E-state index contributed by atoms with van der Waals surface area (Å²) in [6.45, 7) is 5.49. The van der Waals surface area contributed by atoms with Gasteiger partial charge in [-0.3, -0.25) is 4.79 Å². The van der Waals surface area contributed by atoms with Crippen molar-refractivity contribution in [2.45, 2.75) is 51.8 Å². The number of rotatable bonds is 14. The number of aryl methyl sites for hydroxylation is 1. The lowest BCUT2D eigenvalue weighted by Gasteiger charge is -2.25. The highest BCUT2D eigenvalue weighted by molar-refractivity contribution is 5.96. The van der Waals surface area contributed by atoms with Crippen LogP contribution in [0, 0.1) is 11.6 Å². The van der Waals surface area contributed by atoms with E-state index in [2.05, 4.69) is 39.7 Å². The van der Waals surface area contributed by atoms with E-state index in [-0.39, 0.29) is 24.4 Å². The Bertz CT molecular complexity index is 1440. The van der Waals surface area contributed by atoms with Gasteiger partial charge in [0.25, 0.3) is 5.91 Å². The van der Waals surface area contributed by atoms with Gasteiger partial charge in [-0.25, -0.2) is 18.7 Å². The van der Waals surface area contributed by atoms with Crippen LogP contribution in [0.4, 0.5) is 14.6 Å². The number of hydrogen-bond donors (Lipinski definition) is 3. The monoisotopic (exact) mass is 577 g/mol. The molecule has 4 aromatic rings. The number of pyridine rings is 1. The number of aliphatic hydroxyl groups is 1. The Kier molecular flexibility index (Phi) is 10.7. The van der Waals surface area contributed by atoms with Crippen LogP contribution in [0.3, 0.4) is 0 Å². The molecule has 8 nitrogen and oxygen atoms in total. The molecule has 0 saturated heterocycles. The number of carbonyl (C=O) groups excluding carboxylic acids is 1. The van der Waals surface area contributed by atoms with E-state index in [9.17, 15) is 18.7 Å². The van der Waals surface area contributed by atoms with E-state index < -0.39 is 29.7 Å². The van der Waals surface area contributed by atoms with Gasteiger partial charge in [0, 0.05) is 38.3 Å². The van der Waals surface area contributed by atoms with Gasteiger partial charge >= 0.3 is 0 Å². The van der Waals surface area contributed by atoms with Gasteiger partial charge in [-0.05, 0) is 60.2 Å². The van der Waals surface area contributed by atoms with Gasteiger partial charge in [0.2, 0.25) is 5.89 Å². The SMILES string of the molecule is CCCN(C)c1cc(C(=O)NC(Cc2cc(F)cc(F)c2)C(O)CNCc2cccc(CC)c2)cc(-c2ncco2)n1. The molecule has 2 aromatic carbocycles. The quantitative estimate of drug-likeness (QED) is 0.196. The van der Waals surface area contributed by atoms with Crippen molar-refractivity contribution in [1.82, 2.24) is 20.6 Å². The normalized spacial score (nSPS) is 12.6. The van der Waals surface area contributed by atoms with Crippen LogP contribution in [-0.2, 0) is 19.4 Å². The zero-order valence-electron chi connectivity index (χ0n) is 24.1. The van der Waals surface area contributed by atoms with Crippen LogP contribution in [0.1, 0.15) is 47.3 Å². The van der Waals surface area contributed by atoms with Gasteiger partial charge in [0.1, 0.15) is 29.4 Å². The second kappa shape index (κ2) is 14.7. The van der Waals surface area contributed by atoms with Crippen LogP contribution in [-0.4, -0.2) is 53.3 Å². The fourth-order valence-electron chi connectivity index (χ4n) is 4.74. The van der Waals surface area contributed by atoms with E-state index in [1.165, 1.54) is 30.2 Å². The molecule has 2 atom stereocenters. The zero-order valence-corrected chi connectivity index (χ0v) is 24.1. The fourth-order valence-corrected chi connectivity index (χ4v) is 4.74. The predicted octanol–water partition coefficient (Wildman–Crippen LogP) is 4.92. The van der Waals surface area contributed by atoms with E-state index in [0.29, 0.717) is 30.2 Å². The molecule has 0 bridgehead atoms. The summed E-state index contributed by atoms with van der Waals surface area (Å²) in [5.74, 6) is -1.12. The van der Waals surface area contributed by atoms with Crippen molar-refractivity contribution in [3.63, 3.8) is 0 Å². The number of aromatic nitrogens is 2. The average molecular weight is 578 g/mol. The Morgan fingerprint density at radius 1 is 1.05 bits per heavy atom. The first-order chi connectivity index (χ1) is 20.2. The van der Waals surface area contributed by atoms with Gasteiger partial charge in [0.05, 0.1) is 18.3 Å². The van der Waals surface area contributed by atoms with Crippen molar-refractivity contribution >= 4 is 11.7 Å². The van der Waals surface area contributed by atoms with Crippen LogP contribution in [0.2, 0.25) is 0 Å². The molecule has 2 aromatic heterocycles. The molecule has 222 valence electrons. The Morgan fingerprint density at radius 3 is 2.50 bits per heavy atom. The van der Waals surface area contributed by atoms with Gasteiger partial charge in [-0.1, -0.05) is 38.1 Å². The lowest BCUT2D eigenvalue weighted by Crippen LogP contribution is -2.48. The van der Waals surface area contributed by atoms with Crippen molar-refractivity contribution in [3.05, 3.63) is 101 Å². The Balaban J connectivity index is 1.56. The van der Waals surface area contributed by atoms with E-state index >= 15 is 0 Å². The molecule has 4 rings (SSSR count). The van der Waals surface area contributed by atoms with Crippen molar-refractivity contribution in [3.8, 4) is 11.6 Å². The molecule has 3 N–H and O–H groups in total. The molecule has 0 spiro atoms. The predicted molar refractivity (Wildman–Crippen MR) is 158 cm³/mol. The fraction of sp³-hybridized carbons (Fsp3) is 0.344. The van der Waals surface area contributed by atoms with Gasteiger partial charge < -0.3 is 25.1 Å². The summed E-state index contributed by atoms with van der Waals surface area (Å²) in [6.07, 6.45) is 3.65. The van der Waals surface area contributed by atoms with Crippen LogP contribution >= 0.6 is 0 Å². The molecule has 0 saturated carbocycles. The Hall–Kier alpha value is -4.15. The van der Waals surface area contributed by atoms with E-state index in [1.54, 1.807) is 12.1 Å². The van der Waals surface area contributed by atoms with Gasteiger partial charge in [-0.15, -0.1) is 0 Å². The molecule has 0 aliphatic carbocycles. The maximum atomic E-state index is 14.0. The maximum absolute atomic E-state index is 14.0. The van der Waals surface area contributed by atoms with E-state index in [1.807, 2.05) is 31.0 Å². The van der Waals surface area contributed by atoms with Crippen molar-refractivity contribution in [1.29, 1.82) is 0 Å². The van der Waals surface area contributed by atoms with Crippen LogP contribution in [0.25, 0.3) is 11.6 Å². The maximum Gasteiger partial charge on any atom is 0.251 e. The number of hydrogen-bond acceptors (Lipinski definition) is 7. The summed E-state index contributed by atoms with van der Waals surface area (Å²) in [4.78, 5) is 24.3. The topological polar surface area (TPSA) is 104 Å². The first-order valence-electron chi connectivity index (χ1n) is 14.1. The summed E-state index contributed by atoms with van der Waals surface area (Å²) >= 11 is 0. The number of oxazole rings is 1. The first-order valence-corrected chi connectivity index (χ1v) is 14.1. The highest BCUT2D eigenvalue weighted by atomic mass is 19.1. The standard InChI is InChI=1S/C32H37F2N5O3/c1-4-10-39(3)30-17-24(16-28(37-30)32-36-9-11-42-32)31(41)38-27(15-23-13-25(33)18-26(34)14-23)29(40)20-35-19-22-8-6-7-21(5-2)12-22/h6-9,11-14,16-18,27,29,35,40H,4-5,10,15,19-20H2,1-3H3,(H,38,41). The molecule has 0 aliphatic rings. The molecular weight excluding hydrogens is 540 g/mol. The van der Waals surface area contributed by atoms with Crippen LogP contribution < -0.4 is 15.5 Å². The Morgan fingerprint density at radius 2 is 1.81 bits per heavy atom. The summed E-state index contributed by atoms with van der Waals surface area (Å²) < 4.78 is 33.4. The lowest BCUT2D eigenvalue weighted by atomic mass is 10.00. The van der Waals surface area contributed by atoms with Crippen molar-refractivity contribution in [2.75, 3.05) is 25.0 Å². The highest BCUT2D eigenvalue weighted by Gasteiger charge is 2.24. The highest BCUT2D eigenvalue weighted by Crippen LogP contribution is 2.22. The molecule has 0 radical (unpaired) electrons. The third-order valence-electron chi connectivity index (χ3n) is 6.92. The van der Waals surface area contributed by atoms with E-state index in [4.69, 9.17) is 4.42 Å². The number of carbonyl (C=O) groups is 1. The number of amides is 1. The number of aliphatic hydroxyl groups excluding tert-OH is 1. The van der Waals surface area contributed by atoms with Gasteiger partial charge in [0.15, 0.2) is 0 Å². The number of anilines is 1. The van der Waals surface area contributed by atoms with Crippen molar-refractivity contribution < 1.29 is 23.1 Å². The minimum Gasteiger partial charge on any atom is -0.443 e. The number of nitrogens with one attached hydrogen (secondary N) is 2. The molecule has 0 aliphatic heterocycles. The number of halogens is 2. The molecule has 0 fully saturated rings. The first kappa shape index (κ1) is 30.8. The van der Waals surface area contributed by atoms with Crippen molar-refractivity contribution in [2.24, 2.45) is 0 Å². The van der Waals surface area contributed by atoms with Crippen LogP contribution in [0.15, 0.2) is 71.5 Å². The summed E-state index contributed by atoms with van der Waals surface area (Å²) in [5, 5.41) is 17.3. The smallest absolute Gasteiger partial charge is 0.251 e. The second-order valence-corrected chi connectivity index (χ2v) is 10.3. The average Bonchev–Trinajstić information content (AvgIpc) is 3.51. The minimum absolute atomic E-state index is 0.00879. The lowest BCUT2D eigenvalue weighted by molar-refractivity contribution is 0.0830. The Labute approximate surface area is 244 Å². The summed E-state index contributed by atoms with van der Waals surface area (Å²) in [6, 6.07) is 13.7. The largest absolute Gasteiger partial charge is 0.443 e. The molecule has 1 amide bonds. The minimum atomic E-state index is -1.06. The molecular formula is C32H37F2N5O3. The third kappa shape index (κ3) is 8.43. The zero-order chi connectivity index (χ0) is 30.1. The van der Waals surface area contributed by atoms with Crippen LogP contribution in [0.5, 0.6) is 0 Å². The molecule has 42 heavy (non-hydrogen) atoms. The third-order valence-corrected chi connectivity index (χ3v) is 6.92. The second-order valence-electron chi connectivity index (χ2n) is 10.3. The molecule has 2 unspecified atom stereocenters. The molecule has 2 heterocycles. The molecule has 10 heteroatoms. The van der Waals surface area contributed by atoms with Gasteiger partial charge in [-0.2, -0.15) is 0 Å².